The van der Waals surface area contributed by atoms with Crippen LogP contribution in [0.4, 0.5) is 0 Å². The van der Waals surface area contributed by atoms with E-state index in [1.807, 2.05) is 0 Å². The molecule has 1 aromatic rings. The van der Waals surface area contributed by atoms with E-state index in [2.05, 4.69) is 4.98 Å². The molecule has 0 amide bonds. The van der Waals surface area contributed by atoms with Crippen LogP contribution in [0.25, 0.3) is 0 Å². The summed E-state index contributed by atoms with van der Waals surface area (Å²) in [6, 6.07) is 3.40. The molecule has 0 aliphatic heterocycles. The highest BCUT2D eigenvalue weighted by atomic mass is 35.5. The van der Waals surface area contributed by atoms with Gasteiger partial charge in [0.2, 0.25) is 5.88 Å². The van der Waals surface area contributed by atoms with Gasteiger partial charge in [0.1, 0.15) is 11.6 Å². The van der Waals surface area contributed by atoms with Gasteiger partial charge in [-0.15, -0.1) is 0 Å². The van der Waals surface area contributed by atoms with Crippen LogP contribution in [0.2, 0.25) is 5.02 Å². The summed E-state index contributed by atoms with van der Waals surface area (Å²) in [4.78, 5) is 3.85. The summed E-state index contributed by atoms with van der Waals surface area (Å²) in [6.07, 6.45) is 1.58. The van der Waals surface area contributed by atoms with Crippen molar-refractivity contribution in [2.75, 3.05) is 13.2 Å². The second kappa shape index (κ2) is 4.16. The monoisotopic (exact) mass is 173 g/mol. The summed E-state index contributed by atoms with van der Waals surface area (Å²) in [5.41, 5.74) is 0. The van der Waals surface area contributed by atoms with E-state index in [9.17, 15) is 0 Å². The third kappa shape index (κ3) is 2.37. The molecule has 0 saturated carbocycles. The predicted molar refractivity (Wildman–Crippen MR) is 41.8 cm³/mol. The lowest BCUT2D eigenvalue weighted by Crippen LogP contribution is -2.02. The highest BCUT2D eigenvalue weighted by molar-refractivity contribution is 6.31. The van der Waals surface area contributed by atoms with Crippen molar-refractivity contribution in [3.8, 4) is 5.88 Å². The molecule has 60 valence electrons. The summed E-state index contributed by atoms with van der Waals surface area (Å²) in [7, 11) is 0. The molecule has 0 radical (unpaired) electrons. The normalized spacial score (nSPS) is 9.64. The van der Waals surface area contributed by atoms with Crippen molar-refractivity contribution >= 4 is 11.6 Å². The molecule has 11 heavy (non-hydrogen) atoms. The Kier molecular flexibility index (Phi) is 3.14. The Labute approximate surface area is 69.6 Å². The molecular formula is C7H8ClNO2. The number of halogens is 1. The van der Waals surface area contributed by atoms with E-state index in [0.29, 0.717) is 10.9 Å². The quantitative estimate of drug-likeness (QED) is 0.745. The number of rotatable bonds is 3. The minimum absolute atomic E-state index is 0.0348. The van der Waals surface area contributed by atoms with Gasteiger partial charge in [-0.05, 0) is 12.1 Å². The molecule has 1 N–H and O–H groups in total. The van der Waals surface area contributed by atoms with Gasteiger partial charge in [-0.2, -0.15) is 0 Å². The number of nitrogens with zero attached hydrogens (tertiary/aromatic N) is 1. The zero-order valence-corrected chi connectivity index (χ0v) is 6.58. The fraction of sp³-hybridized carbons (Fsp3) is 0.286. The summed E-state index contributed by atoms with van der Waals surface area (Å²) in [5.74, 6) is 0.364. The Morgan fingerprint density at radius 1 is 1.64 bits per heavy atom. The lowest BCUT2D eigenvalue weighted by atomic mass is 10.5. The predicted octanol–water partition coefficient (Wildman–Crippen LogP) is 1.11. The van der Waals surface area contributed by atoms with E-state index in [4.69, 9.17) is 21.4 Å². The van der Waals surface area contributed by atoms with Gasteiger partial charge in [0.05, 0.1) is 6.61 Å². The van der Waals surface area contributed by atoms with Gasteiger partial charge in [-0.25, -0.2) is 4.98 Å². The molecule has 0 saturated heterocycles. The molecule has 0 aliphatic carbocycles. The first-order valence-electron chi connectivity index (χ1n) is 3.19. The van der Waals surface area contributed by atoms with Crippen LogP contribution in [0.15, 0.2) is 18.3 Å². The van der Waals surface area contributed by atoms with Gasteiger partial charge in [0.25, 0.3) is 0 Å². The van der Waals surface area contributed by atoms with Crippen molar-refractivity contribution in [1.29, 1.82) is 0 Å². The smallest absolute Gasteiger partial charge is 0.232 e. The number of aromatic nitrogens is 1. The summed E-state index contributed by atoms with van der Waals surface area (Å²) in [6.45, 7) is 0.184. The number of ether oxygens (including phenoxy) is 1. The summed E-state index contributed by atoms with van der Waals surface area (Å²) >= 11 is 5.69. The molecule has 0 aromatic carbocycles. The largest absolute Gasteiger partial charge is 0.474 e. The Bertz CT molecular complexity index is 229. The fourth-order valence-electron chi connectivity index (χ4n) is 0.620. The van der Waals surface area contributed by atoms with E-state index < -0.39 is 0 Å². The highest BCUT2D eigenvalue weighted by Gasteiger charge is 1.98. The van der Waals surface area contributed by atoms with Crippen molar-refractivity contribution in [2.24, 2.45) is 0 Å². The van der Waals surface area contributed by atoms with Crippen LogP contribution in [0.1, 0.15) is 0 Å². The van der Waals surface area contributed by atoms with Gasteiger partial charge >= 0.3 is 0 Å². The van der Waals surface area contributed by atoms with Crippen molar-refractivity contribution in [2.45, 2.75) is 0 Å². The number of pyridine rings is 1. The first-order valence-corrected chi connectivity index (χ1v) is 3.56. The van der Waals surface area contributed by atoms with Crippen molar-refractivity contribution in [1.82, 2.24) is 4.98 Å². The maximum atomic E-state index is 8.42. The van der Waals surface area contributed by atoms with E-state index in [0.717, 1.165) is 0 Å². The molecule has 0 spiro atoms. The Morgan fingerprint density at radius 2 is 2.45 bits per heavy atom. The minimum Gasteiger partial charge on any atom is -0.474 e. The van der Waals surface area contributed by atoms with E-state index >= 15 is 0 Å². The number of hydrogen-bond acceptors (Lipinski definition) is 3. The maximum absolute atomic E-state index is 8.42. The summed E-state index contributed by atoms with van der Waals surface area (Å²) in [5, 5.41) is 8.88. The Morgan fingerprint density at radius 3 is 3.09 bits per heavy atom. The van der Waals surface area contributed by atoms with Crippen molar-refractivity contribution in [3.63, 3.8) is 0 Å². The second-order valence-electron chi connectivity index (χ2n) is 1.86. The molecule has 0 atom stereocenters. The van der Waals surface area contributed by atoms with Crippen LogP contribution >= 0.6 is 11.6 Å². The Balaban J connectivity index is 2.62. The summed E-state index contributed by atoms with van der Waals surface area (Å²) < 4.78 is 4.99. The average molecular weight is 174 g/mol. The van der Waals surface area contributed by atoms with E-state index in [1.165, 1.54) is 0 Å². The second-order valence-corrected chi connectivity index (χ2v) is 2.27. The van der Waals surface area contributed by atoms with Crippen LogP contribution in [0.5, 0.6) is 5.88 Å². The fourth-order valence-corrected chi connectivity index (χ4v) is 0.796. The molecule has 0 bridgehead atoms. The van der Waals surface area contributed by atoms with Gasteiger partial charge in [-0.3, -0.25) is 0 Å². The van der Waals surface area contributed by atoms with Crippen LogP contribution in [-0.2, 0) is 0 Å². The molecule has 1 heterocycles. The van der Waals surface area contributed by atoms with E-state index in [-0.39, 0.29) is 13.2 Å². The van der Waals surface area contributed by atoms with Crippen LogP contribution in [0.3, 0.4) is 0 Å². The molecule has 0 fully saturated rings. The van der Waals surface area contributed by atoms with Gasteiger partial charge < -0.3 is 9.84 Å². The zero-order valence-electron chi connectivity index (χ0n) is 5.83. The molecule has 4 heteroatoms. The molecule has 1 aromatic heterocycles. The van der Waals surface area contributed by atoms with Gasteiger partial charge in [0, 0.05) is 6.20 Å². The lowest BCUT2D eigenvalue weighted by Gasteiger charge is -2.02. The standard InChI is InChI=1S/C7H8ClNO2/c8-6-2-1-3-9-7(6)11-5-4-10/h1-3,10H,4-5H2. The maximum Gasteiger partial charge on any atom is 0.232 e. The minimum atomic E-state index is -0.0348. The average Bonchev–Trinajstić information content (AvgIpc) is 2.03. The molecule has 1 rings (SSSR count). The third-order valence-electron chi connectivity index (χ3n) is 1.05. The van der Waals surface area contributed by atoms with Crippen LogP contribution in [-0.4, -0.2) is 23.3 Å². The number of aliphatic hydroxyl groups excluding tert-OH is 1. The van der Waals surface area contributed by atoms with Gasteiger partial charge in [-0.1, -0.05) is 11.6 Å². The molecule has 0 aliphatic rings. The number of aliphatic hydroxyl groups is 1. The third-order valence-corrected chi connectivity index (χ3v) is 1.34. The molecule has 3 nitrogen and oxygen atoms in total. The first-order chi connectivity index (χ1) is 5.34. The number of hydrogen-bond donors (Lipinski definition) is 1. The van der Waals surface area contributed by atoms with E-state index in [1.54, 1.807) is 18.3 Å². The van der Waals surface area contributed by atoms with Crippen molar-refractivity contribution in [3.05, 3.63) is 23.4 Å². The lowest BCUT2D eigenvalue weighted by molar-refractivity contribution is 0.197. The van der Waals surface area contributed by atoms with Crippen LogP contribution < -0.4 is 4.74 Å². The molecular weight excluding hydrogens is 166 g/mol. The Hall–Kier alpha value is -0.800. The first kappa shape index (κ1) is 8.30. The molecule has 0 unspecified atom stereocenters. The van der Waals surface area contributed by atoms with Gasteiger partial charge in [0.15, 0.2) is 0 Å². The SMILES string of the molecule is OCCOc1ncccc1Cl. The van der Waals surface area contributed by atoms with Crippen molar-refractivity contribution < 1.29 is 9.84 Å². The highest BCUT2D eigenvalue weighted by Crippen LogP contribution is 2.19. The van der Waals surface area contributed by atoms with Crippen LogP contribution in [0, 0.1) is 0 Å². The topological polar surface area (TPSA) is 42.4 Å². The zero-order chi connectivity index (χ0) is 8.10.